The number of carboxylic acid groups (broad SMARTS) is 1. The van der Waals surface area contributed by atoms with Crippen LogP contribution in [0.2, 0.25) is 5.02 Å². The maximum Gasteiger partial charge on any atom is 0.411 e. The summed E-state index contributed by atoms with van der Waals surface area (Å²) in [5.41, 5.74) is 7.97. The third kappa shape index (κ3) is 6.03. The minimum absolute atomic E-state index is 0.0436. The second-order valence-electron chi connectivity index (χ2n) is 9.59. The van der Waals surface area contributed by atoms with Crippen LogP contribution in [0.1, 0.15) is 34.1 Å². The van der Waals surface area contributed by atoms with E-state index in [1.54, 1.807) is 43.5 Å². The summed E-state index contributed by atoms with van der Waals surface area (Å²) in [4.78, 5) is 34.9. The van der Waals surface area contributed by atoms with Gasteiger partial charge in [0, 0.05) is 30.2 Å². The number of carbonyl (C=O) groups is 2. The highest BCUT2D eigenvalue weighted by Crippen LogP contribution is 2.37. The van der Waals surface area contributed by atoms with Crippen molar-refractivity contribution < 1.29 is 24.1 Å². The summed E-state index contributed by atoms with van der Waals surface area (Å²) in [7, 11) is 0. The van der Waals surface area contributed by atoms with Crippen LogP contribution in [0.25, 0.3) is 33.8 Å². The zero-order valence-electron chi connectivity index (χ0n) is 21.9. The Morgan fingerprint density at radius 1 is 1.26 bits per heavy atom. The lowest BCUT2D eigenvalue weighted by Crippen LogP contribution is -2.36. The Kier molecular flexibility index (Phi) is 7.90. The number of nitrogens with zero attached hydrogens (tertiary/aromatic N) is 6. The van der Waals surface area contributed by atoms with Crippen LogP contribution in [0, 0.1) is 0 Å². The zero-order chi connectivity index (χ0) is 28.3. The second kappa shape index (κ2) is 11.2. The second-order valence-corrected chi connectivity index (χ2v) is 10.0. The topological polar surface area (TPSA) is 175 Å². The van der Waals surface area contributed by atoms with Gasteiger partial charge in [-0.05, 0) is 56.6 Å². The van der Waals surface area contributed by atoms with Gasteiger partial charge in [-0.15, -0.1) is 0 Å². The molecule has 3 heterocycles. The number of amides is 2. The molecule has 0 aliphatic carbocycles. The van der Waals surface area contributed by atoms with E-state index in [0.717, 1.165) is 4.90 Å². The van der Waals surface area contributed by atoms with Crippen molar-refractivity contribution >= 4 is 46.3 Å². The Hall–Kier alpha value is -4.39. The minimum atomic E-state index is -1.20. The van der Waals surface area contributed by atoms with Crippen LogP contribution in [-0.4, -0.2) is 60.8 Å². The van der Waals surface area contributed by atoms with Crippen LogP contribution >= 0.6 is 11.6 Å². The Morgan fingerprint density at radius 2 is 2.03 bits per heavy atom. The van der Waals surface area contributed by atoms with Crippen LogP contribution in [0.15, 0.2) is 35.1 Å². The molecule has 0 saturated carbocycles. The van der Waals surface area contributed by atoms with Crippen molar-refractivity contribution in [3.63, 3.8) is 0 Å². The number of pyridine rings is 1. The lowest BCUT2D eigenvalue weighted by molar-refractivity contribution is 0.0527. The number of imidazole rings is 1. The summed E-state index contributed by atoms with van der Waals surface area (Å²) < 4.78 is 11.8. The van der Waals surface area contributed by atoms with E-state index in [9.17, 15) is 14.7 Å². The van der Waals surface area contributed by atoms with Gasteiger partial charge in [0.15, 0.2) is 17.3 Å². The van der Waals surface area contributed by atoms with Gasteiger partial charge in [-0.1, -0.05) is 23.7 Å². The summed E-state index contributed by atoms with van der Waals surface area (Å²) in [6, 6.07) is 7.11. The van der Waals surface area contributed by atoms with Crippen molar-refractivity contribution in [3.8, 4) is 22.8 Å². The molecule has 13 nitrogen and oxygen atoms in total. The molecule has 2 amide bonds. The minimum Gasteiger partial charge on any atom is -0.465 e. The van der Waals surface area contributed by atoms with Crippen LogP contribution in [0.5, 0.6) is 0 Å². The first-order valence-electron chi connectivity index (χ1n) is 12.2. The number of alkyl carbamates (subject to hydrolysis) is 1. The predicted molar refractivity (Wildman–Crippen MR) is 146 cm³/mol. The number of nitrogens with one attached hydrogen (secondary N) is 1. The molecule has 14 heteroatoms. The number of nitrogens with two attached hydrogens (primary N) is 1. The summed E-state index contributed by atoms with van der Waals surface area (Å²) in [5.74, 6) is 0.392. The molecule has 0 radical (unpaired) electrons. The number of hydrogen-bond acceptors (Lipinski definition) is 9. The molecule has 0 aliphatic rings. The fourth-order valence-electron chi connectivity index (χ4n) is 4.07. The molecule has 0 aliphatic heterocycles. The van der Waals surface area contributed by atoms with E-state index in [2.05, 4.69) is 20.6 Å². The summed E-state index contributed by atoms with van der Waals surface area (Å²) in [6.45, 7) is 7.84. The highest BCUT2D eigenvalue weighted by molar-refractivity contribution is 6.30. The molecule has 4 rings (SSSR count). The molecule has 206 valence electrons. The summed E-state index contributed by atoms with van der Waals surface area (Å²) in [5, 5.41) is 20.9. The third-order valence-electron chi connectivity index (χ3n) is 5.64. The van der Waals surface area contributed by atoms with Crippen LogP contribution in [0.3, 0.4) is 0 Å². The van der Waals surface area contributed by atoms with E-state index in [-0.39, 0.29) is 24.6 Å². The molecule has 0 spiro atoms. The van der Waals surface area contributed by atoms with Crippen LogP contribution in [0.4, 0.5) is 21.1 Å². The van der Waals surface area contributed by atoms with Crippen molar-refractivity contribution in [2.45, 2.75) is 46.3 Å². The largest absolute Gasteiger partial charge is 0.465 e. The molecule has 4 aromatic rings. The number of carbonyl (C=O) groups excluding carboxylic acids is 1. The maximum atomic E-state index is 12.4. The Morgan fingerprint density at radius 3 is 2.64 bits per heavy atom. The molecule has 39 heavy (non-hydrogen) atoms. The SMILES string of the molecule is CCn1c(-c2nonc2N)nc2c(-c3cccc(Cl)c3)ncc(N(CCCNC(=O)OC(C)(C)C)C(=O)O)c21. The van der Waals surface area contributed by atoms with Gasteiger partial charge in [0.1, 0.15) is 11.1 Å². The molecule has 0 bridgehead atoms. The molecular formula is C25H29ClN8O5. The lowest BCUT2D eigenvalue weighted by Gasteiger charge is -2.22. The Labute approximate surface area is 228 Å². The van der Waals surface area contributed by atoms with E-state index < -0.39 is 17.8 Å². The number of ether oxygens (including phenoxy) is 1. The average Bonchev–Trinajstić information content (AvgIpc) is 3.45. The van der Waals surface area contributed by atoms with Gasteiger partial charge >= 0.3 is 12.2 Å². The number of fused-ring (bicyclic) bond motifs is 1. The fraction of sp³-hybridized carbons (Fsp3) is 0.360. The van der Waals surface area contributed by atoms with Gasteiger partial charge < -0.3 is 25.5 Å². The van der Waals surface area contributed by atoms with Gasteiger partial charge in [0.2, 0.25) is 0 Å². The summed E-state index contributed by atoms with van der Waals surface area (Å²) in [6.07, 6.45) is 0.0255. The molecule has 4 N–H and O–H groups in total. The normalized spacial score (nSPS) is 11.5. The Balaban J connectivity index is 1.77. The first-order chi connectivity index (χ1) is 18.5. The first-order valence-corrected chi connectivity index (χ1v) is 12.6. The number of aromatic nitrogens is 5. The van der Waals surface area contributed by atoms with E-state index >= 15 is 0 Å². The van der Waals surface area contributed by atoms with Crippen molar-refractivity contribution in [2.75, 3.05) is 23.7 Å². The third-order valence-corrected chi connectivity index (χ3v) is 5.87. The van der Waals surface area contributed by atoms with Gasteiger partial charge in [0.25, 0.3) is 0 Å². The van der Waals surface area contributed by atoms with Gasteiger partial charge in [-0.25, -0.2) is 19.2 Å². The molecule has 0 saturated heterocycles. The number of nitrogen functional groups attached to an aromatic ring is 1. The molecular weight excluding hydrogens is 528 g/mol. The molecule has 0 atom stereocenters. The monoisotopic (exact) mass is 556 g/mol. The quantitative estimate of drug-likeness (QED) is 0.255. The smallest absolute Gasteiger partial charge is 0.411 e. The van der Waals surface area contributed by atoms with Gasteiger partial charge in [-0.2, -0.15) is 0 Å². The Bertz CT molecular complexity index is 1510. The van der Waals surface area contributed by atoms with Crippen molar-refractivity contribution in [1.29, 1.82) is 0 Å². The van der Waals surface area contributed by atoms with Crippen molar-refractivity contribution in [3.05, 3.63) is 35.5 Å². The molecule has 0 unspecified atom stereocenters. The first kappa shape index (κ1) is 27.6. The molecule has 1 aromatic carbocycles. The maximum absolute atomic E-state index is 12.4. The summed E-state index contributed by atoms with van der Waals surface area (Å²) >= 11 is 6.24. The van der Waals surface area contributed by atoms with Crippen LogP contribution in [-0.2, 0) is 11.3 Å². The number of aryl methyl sites for hydroxylation is 1. The number of benzene rings is 1. The van der Waals surface area contributed by atoms with Gasteiger partial charge in [-0.3, -0.25) is 9.88 Å². The molecule has 3 aromatic heterocycles. The van der Waals surface area contributed by atoms with Crippen molar-refractivity contribution in [1.82, 2.24) is 30.2 Å². The average molecular weight is 557 g/mol. The van der Waals surface area contributed by atoms with E-state index in [4.69, 9.17) is 31.7 Å². The fourth-order valence-corrected chi connectivity index (χ4v) is 4.26. The van der Waals surface area contributed by atoms with E-state index in [0.29, 0.717) is 51.8 Å². The van der Waals surface area contributed by atoms with E-state index in [1.807, 2.05) is 13.0 Å². The highest BCUT2D eigenvalue weighted by atomic mass is 35.5. The lowest BCUT2D eigenvalue weighted by atomic mass is 10.1. The zero-order valence-corrected chi connectivity index (χ0v) is 22.7. The number of hydrogen-bond donors (Lipinski definition) is 3. The van der Waals surface area contributed by atoms with Gasteiger partial charge in [0.05, 0.1) is 23.1 Å². The van der Waals surface area contributed by atoms with Crippen molar-refractivity contribution in [2.24, 2.45) is 0 Å². The van der Waals surface area contributed by atoms with E-state index in [1.165, 1.54) is 6.20 Å². The molecule has 0 fully saturated rings. The number of rotatable bonds is 8. The predicted octanol–water partition coefficient (Wildman–Crippen LogP) is 4.80. The highest BCUT2D eigenvalue weighted by Gasteiger charge is 2.27. The standard InChI is InChI=1S/C25H29ClN8O5/c1-5-33-20-16(34(24(36)37)11-7-10-28-23(35)38-25(2,3)4)13-29-17(14-8-6-9-15(26)12-14)18(20)30-22(33)19-21(27)32-39-31-19/h6,8-9,12-13H,5,7,10-11H2,1-4H3,(H2,27,32)(H,28,35)(H,36,37). The number of halogens is 1. The van der Waals surface area contributed by atoms with Crippen LogP contribution < -0.4 is 16.0 Å². The number of anilines is 2.